The maximum Gasteiger partial charge on any atom is 0.358 e. The van der Waals surface area contributed by atoms with Gasteiger partial charge in [0.15, 0.2) is 10.8 Å². The molecule has 0 saturated heterocycles. The number of halogens is 1. The lowest BCUT2D eigenvalue weighted by Gasteiger charge is -2.03. The van der Waals surface area contributed by atoms with Crippen molar-refractivity contribution in [2.45, 2.75) is 6.92 Å². The van der Waals surface area contributed by atoms with Crippen molar-refractivity contribution >= 4 is 17.6 Å². The molecule has 2 heterocycles. The second kappa shape index (κ2) is 5.05. The van der Waals surface area contributed by atoms with Gasteiger partial charge in [0.05, 0.1) is 6.61 Å². The zero-order valence-electron chi connectivity index (χ0n) is 9.50. The van der Waals surface area contributed by atoms with Crippen LogP contribution in [0.25, 0.3) is 5.69 Å². The van der Waals surface area contributed by atoms with E-state index in [-0.39, 0.29) is 23.3 Å². The second-order valence-electron chi connectivity index (χ2n) is 3.33. The van der Waals surface area contributed by atoms with Crippen molar-refractivity contribution in [2.24, 2.45) is 0 Å². The van der Waals surface area contributed by atoms with Gasteiger partial charge >= 0.3 is 5.97 Å². The molecule has 0 spiro atoms. The fraction of sp³-hybridized carbons (Fsp3) is 0.182. The third-order valence-corrected chi connectivity index (χ3v) is 2.43. The maximum atomic E-state index is 11.5. The Hall–Kier alpha value is -2.08. The van der Waals surface area contributed by atoms with Crippen molar-refractivity contribution < 1.29 is 14.6 Å². The lowest BCUT2D eigenvalue weighted by atomic mass is 10.4. The number of carbonyl (C=O) groups is 1. The van der Waals surface area contributed by atoms with Crippen LogP contribution in [0, 0.1) is 0 Å². The van der Waals surface area contributed by atoms with Crippen LogP contribution in [0.5, 0.6) is 5.88 Å². The summed E-state index contributed by atoms with van der Waals surface area (Å²) in [6.45, 7) is 1.92. The molecule has 0 aliphatic rings. The van der Waals surface area contributed by atoms with Gasteiger partial charge in [0.25, 0.3) is 0 Å². The number of hydrogen-bond acceptors (Lipinski definition) is 5. The molecular weight excluding hydrogens is 258 g/mol. The maximum absolute atomic E-state index is 11.5. The van der Waals surface area contributed by atoms with Crippen LogP contribution in [0.2, 0.25) is 5.15 Å². The Morgan fingerprint density at radius 2 is 2.39 bits per heavy atom. The third kappa shape index (κ3) is 2.28. The van der Waals surface area contributed by atoms with Gasteiger partial charge in [-0.2, -0.15) is 9.78 Å². The number of nitrogens with zero attached hydrogens (tertiary/aromatic N) is 3. The first kappa shape index (κ1) is 12.4. The lowest BCUT2D eigenvalue weighted by molar-refractivity contribution is 0.0519. The van der Waals surface area contributed by atoms with Crippen molar-refractivity contribution in [3.05, 3.63) is 35.2 Å². The zero-order chi connectivity index (χ0) is 13.1. The molecule has 0 fully saturated rings. The summed E-state index contributed by atoms with van der Waals surface area (Å²) in [5, 5.41) is 13.8. The molecule has 6 nitrogen and oxygen atoms in total. The molecule has 0 unspecified atom stereocenters. The van der Waals surface area contributed by atoms with Crippen molar-refractivity contribution in [1.82, 2.24) is 14.8 Å². The van der Waals surface area contributed by atoms with E-state index in [0.717, 1.165) is 4.68 Å². The number of hydrogen-bond donors (Lipinski definition) is 1. The summed E-state index contributed by atoms with van der Waals surface area (Å²) in [6, 6.07) is 4.48. The topological polar surface area (TPSA) is 77.2 Å². The molecule has 2 aromatic heterocycles. The Labute approximate surface area is 108 Å². The van der Waals surface area contributed by atoms with Crippen molar-refractivity contribution in [1.29, 1.82) is 0 Å². The molecule has 0 saturated carbocycles. The molecule has 0 aromatic carbocycles. The lowest BCUT2D eigenvalue weighted by Crippen LogP contribution is -2.07. The summed E-state index contributed by atoms with van der Waals surface area (Å²) in [5.74, 6) is -0.820. The quantitative estimate of drug-likeness (QED) is 0.678. The smallest absolute Gasteiger partial charge is 0.358 e. The minimum Gasteiger partial charge on any atom is -0.493 e. The highest BCUT2D eigenvalue weighted by atomic mass is 35.5. The number of esters is 1. The zero-order valence-corrected chi connectivity index (χ0v) is 10.3. The fourth-order valence-electron chi connectivity index (χ4n) is 1.39. The SMILES string of the molecule is CCOC(=O)c1cc(O)n(-c2cccnc2Cl)n1. The number of aromatic nitrogens is 3. The van der Waals surface area contributed by atoms with Crippen molar-refractivity contribution in [2.75, 3.05) is 6.61 Å². The van der Waals surface area contributed by atoms with E-state index < -0.39 is 5.97 Å². The molecule has 0 amide bonds. The number of aromatic hydroxyl groups is 1. The van der Waals surface area contributed by atoms with Gasteiger partial charge in [-0.15, -0.1) is 0 Å². The predicted molar refractivity (Wildman–Crippen MR) is 64.0 cm³/mol. The summed E-state index contributed by atoms with van der Waals surface area (Å²) >= 11 is 5.88. The summed E-state index contributed by atoms with van der Waals surface area (Å²) in [7, 11) is 0. The predicted octanol–water partition coefficient (Wildman–Crippen LogP) is 1.80. The summed E-state index contributed by atoms with van der Waals surface area (Å²) in [4.78, 5) is 15.3. The first-order valence-corrected chi connectivity index (χ1v) is 5.58. The van der Waals surface area contributed by atoms with Crippen LogP contribution in [0.3, 0.4) is 0 Å². The number of ether oxygens (including phenoxy) is 1. The molecule has 7 heteroatoms. The molecular formula is C11H10ClN3O3. The van der Waals surface area contributed by atoms with Crippen LogP contribution in [0.4, 0.5) is 0 Å². The minimum absolute atomic E-state index is 0.00858. The van der Waals surface area contributed by atoms with Gasteiger partial charge in [0.2, 0.25) is 5.88 Å². The number of rotatable bonds is 3. The molecule has 0 aliphatic carbocycles. The van der Waals surface area contributed by atoms with Crippen molar-refractivity contribution in [3.8, 4) is 11.6 Å². The van der Waals surface area contributed by atoms with Crippen LogP contribution < -0.4 is 0 Å². The summed E-state index contributed by atoms with van der Waals surface area (Å²) < 4.78 is 5.91. The van der Waals surface area contributed by atoms with Crippen LogP contribution in [-0.4, -0.2) is 32.4 Å². The largest absolute Gasteiger partial charge is 0.493 e. The second-order valence-corrected chi connectivity index (χ2v) is 3.69. The van der Waals surface area contributed by atoms with E-state index in [1.54, 1.807) is 19.1 Å². The Morgan fingerprint density at radius 1 is 1.61 bits per heavy atom. The molecule has 0 bridgehead atoms. The van der Waals surface area contributed by atoms with Gasteiger partial charge in [-0.05, 0) is 19.1 Å². The summed E-state index contributed by atoms with van der Waals surface area (Å²) in [5.41, 5.74) is 0.390. The van der Waals surface area contributed by atoms with E-state index in [1.165, 1.54) is 12.3 Å². The number of carbonyl (C=O) groups excluding carboxylic acids is 1. The average molecular weight is 268 g/mol. The highest BCUT2D eigenvalue weighted by molar-refractivity contribution is 6.31. The average Bonchev–Trinajstić information content (AvgIpc) is 2.72. The van der Waals surface area contributed by atoms with E-state index >= 15 is 0 Å². The molecule has 2 rings (SSSR count). The third-order valence-electron chi connectivity index (χ3n) is 2.14. The monoisotopic (exact) mass is 267 g/mol. The Kier molecular flexibility index (Phi) is 3.47. The van der Waals surface area contributed by atoms with Crippen LogP contribution in [-0.2, 0) is 4.74 Å². The molecule has 0 atom stereocenters. The standard InChI is InChI=1S/C11H10ClN3O3/c1-2-18-11(17)7-6-9(16)15(14-7)8-4-3-5-13-10(8)12/h3-6,16H,2H2,1H3. The molecule has 0 aliphatic heterocycles. The highest BCUT2D eigenvalue weighted by Gasteiger charge is 2.17. The van der Waals surface area contributed by atoms with E-state index in [1.807, 2.05) is 0 Å². The van der Waals surface area contributed by atoms with Gasteiger partial charge in [0.1, 0.15) is 5.69 Å². The first-order chi connectivity index (χ1) is 8.63. The van der Waals surface area contributed by atoms with Gasteiger partial charge in [-0.25, -0.2) is 9.78 Å². The molecule has 94 valence electrons. The van der Waals surface area contributed by atoms with E-state index in [9.17, 15) is 9.90 Å². The van der Waals surface area contributed by atoms with E-state index in [0.29, 0.717) is 5.69 Å². The molecule has 0 radical (unpaired) electrons. The number of pyridine rings is 1. The molecule has 1 N–H and O–H groups in total. The summed E-state index contributed by atoms with van der Waals surface area (Å²) in [6.07, 6.45) is 1.51. The van der Waals surface area contributed by atoms with E-state index in [4.69, 9.17) is 16.3 Å². The van der Waals surface area contributed by atoms with Crippen LogP contribution >= 0.6 is 11.6 Å². The van der Waals surface area contributed by atoms with Crippen LogP contribution in [0.15, 0.2) is 24.4 Å². The minimum atomic E-state index is -0.605. The Morgan fingerprint density at radius 3 is 3.06 bits per heavy atom. The van der Waals surface area contributed by atoms with Gasteiger partial charge in [0, 0.05) is 12.3 Å². The molecule has 2 aromatic rings. The van der Waals surface area contributed by atoms with Gasteiger partial charge < -0.3 is 9.84 Å². The highest BCUT2D eigenvalue weighted by Crippen LogP contribution is 2.23. The van der Waals surface area contributed by atoms with Crippen LogP contribution in [0.1, 0.15) is 17.4 Å². The van der Waals surface area contributed by atoms with Gasteiger partial charge in [-0.3, -0.25) is 0 Å². The fourth-order valence-corrected chi connectivity index (χ4v) is 1.59. The normalized spacial score (nSPS) is 10.3. The van der Waals surface area contributed by atoms with Crippen molar-refractivity contribution in [3.63, 3.8) is 0 Å². The Balaban J connectivity index is 2.42. The molecule has 18 heavy (non-hydrogen) atoms. The van der Waals surface area contributed by atoms with Gasteiger partial charge in [-0.1, -0.05) is 11.6 Å². The first-order valence-electron chi connectivity index (χ1n) is 5.20. The van der Waals surface area contributed by atoms with E-state index in [2.05, 4.69) is 10.1 Å². The Bertz CT molecular complexity index is 583.